The van der Waals surface area contributed by atoms with Crippen molar-refractivity contribution in [3.05, 3.63) is 34.9 Å². The number of carbonyl (C=O) groups is 3. The van der Waals surface area contributed by atoms with Crippen molar-refractivity contribution in [1.29, 1.82) is 0 Å². The van der Waals surface area contributed by atoms with Crippen LogP contribution in [0.2, 0.25) is 0 Å². The Morgan fingerprint density at radius 3 is 2.21 bits per heavy atom. The number of alkyl halides is 3. The molecule has 0 bridgehead atoms. The van der Waals surface area contributed by atoms with E-state index in [1.54, 1.807) is 25.1 Å². The number of carboxylic acid groups (broad SMARTS) is 2. The number of benzene rings is 1. The molecule has 13 heteroatoms. The number of rotatable bonds is 4. The zero-order valence-electron chi connectivity index (χ0n) is 14.4. The van der Waals surface area contributed by atoms with Crippen LogP contribution < -0.4 is 10.5 Å². The van der Waals surface area contributed by atoms with Gasteiger partial charge in [0, 0.05) is 0 Å². The predicted molar refractivity (Wildman–Crippen MR) is 88.6 cm³/mol. The minimum atomic E-state index is -5.08. The van der Waals surface area contributed by atoms with Gasteiger partial charge in [-0.3, -0.25) is 14.3 Å². The summed E-state index contributed by atoms with van der Waals surface area (Å²) in [6.45, 7) is 1.73. The van der Waals surface area contributed by atoms with Crippen molar-refractivity contribution in [2.24, 2.45) is 5.73 Å². The zero-order chi connectivity index (χ0) is 21.9. The standard InChI is InChI=1S/C13H16N2O5S.C2HF3O2/c1-7-4-8(5-10(14)13(17)18)2-3-9(7)11-6-12(16)15-21(11,19)20;3-2(4,5)1(6)7/h2-4,10-11H,5-6,14H2,1H3,(H,15,16)(H,17,18);(H,6,7)/t10-,11?;/m0./s1. The van der Waals surface area contributed by atoms with E-state index < -0.39 is 45.3 Å². The minimum Gasteiger partial charge on any atom is -0.480 e. The maximum Gasteiger partial charge on any atom is 0.490 e. The summed E-state index contributed by atoms with van der Waals surface area (Å²) < 4.78 is 57.4. The van der Waals surface area contributed by atoms with Gasteiger partial charge in [-0.05, 0) is 30.0 Å². The molecular weight excluding hydrogens is 409 g/mol. The minimum absolute atomic E-state index is 0.100. The molecule has 9 nitrogen and oxygen atoms in total. The first-order valence-corrected chi connectivity index (χ1v) is 9.12. The van der Waals surface area contributed by atoms with Crippen LogP contribution in [0.5, 0.6) is 0 Å². The highest BCUT2D eigenvalue weighted by Crippen LogP contribution is 2.32. The molecule has 1 fully saturated rings. The maximum atomic E-state index is 11.8. The number of hydrogen-bond donors (Lipinski definition) is 4. The Labute approximate surface area is 157 Å². The van der Waals surface area contributed by atoms with Crippen molar-refractivity contribution in [2.45, 2.75) is 37.2 Å². The average molecular weight is 426 g/mol. The van der Waals surface area contributed by atoms with E-state index in [1.807, 2.05) is 4.72 Å². The zero-order valence-corrected chi connectivity index (χ0v) is 15.2. The van der Waals surface area contributed by atoms with Crippen LogP contribution in [0.3, 0.4) is 0 Å². The van der Waals surface area contributed by atoms with E-state index in [9.17, 15) is 31.2 Å². The van der Waals surface area contributed by atoms with Crippen LogP contribution in [-0.2, 0) is 30.8 Å². The van der Waals surface area contributed by atoms with E-state index >= 15 is 0 Å². The molecule has 2 rings (SSSR count). The first-order chi connectivity index (χ1) is 12.6. The van der Waals surface area contributed by atoms with Crippen molar-refractivity contribution < 1.29 is 46.2 Å². The second-order valence-electron chi connectivity index (χ2n) is 5.91. The molecule has 0 saturated carbocycles. The molecule has 1 aliphatic heterocycles. The summed E-state index contributed by atoms with van der Waals surface area (Å²) in [5, 5.41) is 15.0. The Hall–Kier alpha value is -2.67. The lowest BCUT2D eigenvalue weighted by atomic mass is 9.97. The van der Waals surface area contributed by atoms with Gasteiger partial charge >= 0.3 is 18.1 Å². The molecule has 1 saturated heterocycles. The van der Waals surface area contributed by atoms with Gasteiger partial charge in [0.1, 0.15) is 11.3 Å². The van der Waals surface area contributed by atoms with Gasteiger partial charge in [-0.15, -0.1) is 0 Å². The summed E-state index contributed by atoms with van der Waals surface area (Å²) in [5.74, 6) is -4.37. The molecule has 1 aromatic carbocycles. The van der Waals surface area contributed by atoms with Gasteiger partial charge in [0.05, 0.1) is 6.42 Å². The van der Waals surface area contributed by atoms with Crippen molar-refractivity contribution in [3.63, 3.8) is 0 Å². The summed E-state index contributed by atoms with van der Waals surface area (Å²) in [4.78, 5) is 30.9. The highest BCUT2D eigenvalue weighted by molar-refractivity contribution is 7.90. The molecule has 1 aliphatic rings. The molecule has 28 heavy (non-hydrogen) atoms. The van der Waals surface area contributed by atoms with E-state index in [2.05, 4.69) is 0 Å². The van der Waals surface area contributed by atoms with Gasteiger partial charge in [-0.25, -0.2) is 13.2 Å². The molecule has 0 spiro atoms. The van der Waals surface area contributed by atoms with Crippen LogP contribution in [0.4, 0.5) is 13.2 Å². The predicted octanol–water partition coefficient (Wildman–Crippen LogP) is 0.474. The van der Waals surface area contributed by atoms with Crippen LogP contribution in [0, 0.1) is 6.92 Å². The van der Waals surface area contributed by atoms with E-state index in [4.69, 9.17) is 20.7 Å². The van der Waals surface area contributed by atoms with Crippen LogP contribution in [-0.4, -0.2) is 48.7 Å². The number of halogens is 3. The molecular formula is C15H17F3N2O7S. The first-order valence-electron chi connectivity index (χ1n) is 7.57. The summed E-state index contributed by atoms with van der Waals surface area (Å²) in [7, 11) is -3.68. The van der Waals surface area contributed by atoms with Crippen LogP contribution >= 0.6 is 0 Å². The Morgan fingerprint density at radius 1 is 1.32 bits per heavy atom. The fraction of sp³-hybridized carbons (Fsp3) is 0.400. The number of nitrogens with two attached hydrogens (primary N) is 1. The molecule has 0 aliphatic carbocycles. The Kier molecular flexibility index (Phi) is 7.15. The first kappa shape index (κ1) is 23.4. The highest BCUT2D eigenvalue weighted by atomic mass is 32.2. The van der Waals surface area contributed by atoms with E-state index in [0.29, 0.717) is 16.7 Å². The Morgan fingerprint density at radius 2 is 1.86 bits per heavy atom. The number of sulfonamides is 1. The summed E-state index contributed by atoms with van der Waals surface area (Å²) in [5.41, 5.74) is 7.41. The lowest BCUT2D eigenvalue weighted by molar-refractivity contribution is -0.192. The lowest BCUT2D eigenvalue weighted by Crippen LogP contribution is -2.32. The second kappa shape index (κ2) is 8.56. The van der Waals surface area contributed by atoms with Crippen LogP contribution in [0.25, 0.3) is 0 Å². The second-order valence-corrected chi connectivity index (χ2v) is 7.77. The monoisotopic (exact) mass is 426 g/mol. The third-order valence-corrected chi connectivity index (χ3v) is 5.38. The molecule has 1 heterocycles. The van der Waals surface area contributed by atoms with Gasteiger partial charge in [0.15, 0.2) is 0 Å². The number of amides is 1. The number of carboxylic acids is 2. The van der Waals surface area contributed by atoms with Crippen molar-refractivity contribution in [2.75, 3.05) is 0 Å². The number of carbonyl (C=O) groups excluding carboxylic acids is 1. The molecule has 5 N–H and O–H groups in total. The Balaban J connectivity index is 0.000000480. The van der Waals surface area contributed by atoms with E-state index in [0.717, 1.165) is 0 Å². The highest BCUT2D eigenvalue weighted by Gasteiger charge is 2.39. The molecule has 0 aromatic heterocycles. The van der Waals surface area contributed by atoms with Crippen molar-refractivity contribution >= 4 is 27.9 Å². The fourth-order valence-corrected chi connectivity index (χ4v) is 3.91. The van der Waals surface area contributed by atoms with Crippen molar-refractivity contribution in [1.82, 2.24) is 4.72 Å². The quantitative estimate of drug-likeness (QED) is 0.540. The SMILES string of the molecule is Cc1cc(C[C@H](N)C(=O)O)ccc1C1CC(=O)NS1(=O)=O.O=C(O)C(F)(F)F. The Bertz CT molecular complexity index is 884. The fourth-order valence-electron chi connectivity index (χ4n) is 2.39. The molecule has 0 radical (unpaired) electrons. The van der Waals surface area contributed by atoms with Gasteiger partial charge in [-0.2, -0.15) is 13.2 Å². The number of nitrogens with one attached hydrogen (secondary N) is 1. The van der Waals surface area contributed by atoms with Gasteiger partial charge in [-0.1, -0.05) is 18.2 Å². The van der Waals surface area contributed by atoms with Gasteiger partial charge < -0.3 is 15.9 Å². The van der Waals surface area contributed by atoms with Gasteiger partial charge in [0.2, 0.25) is 15.9 Å². The summed E-state index contributed by atoms with van der Waals surface area (Å²) >= 11 is 0. The molecule has 1 aromatic rings. The normalized spacial score (nSPS) is 19.2. The van der Waals surface area contributed by atoms with E-state index in [-0.39, 0.29) is 12.8 Å². The lowest BCUT2D eigenvalue weighted by Gasteiger charge is -2.14. The number of aliphatic carboxylic acids is 2. The number of aryl methyl sites for hydroxylation is 1. The summed E-state index contributed by atoms with van der Waals surface area (Å²) in [6.07, 6.45) is -5.03. The third kappa shape index (κ3) is 6.20. The summed E-state index contributed by atoms with van der Waals surface area (Å²) in [6, 6.07) is 3.95. The number of hydrogen-bond acceptors (Lipinski definition) is 6. The van der Waals surface area contributed by atoms with Crippen LogP contribution in [0.15, 0.2) is 18.2 Å². The molecule has 2 atom stereocenters. The van der Waals surface area contributed by atoms with Crippen LogP contribution in [0.1, 0.15) is 28.4 Å². The molecule has 156 valence electrons. The topological polar surface area (TPSA) is 164 Å². The molecule has 1 unspecified atom stereocenters. The molecule has 1 amide bonds. The third-order valence-electron chi connectivity index (χ3n) is 3.70. The maximum absolute atomic E-state index is 11.8. The largest absolute Gasteiger partial charge is 0.490 e. The average Bonchev–Trinajstić information content (AvgIpc) is 2.79. The van der Waals surface area contributed by atoms with Crippen molar-refractivity contribution in [3.8, 4) is 0 Å². The smallest absolute Gasteiger partial charge is 0.480 e. The van der Waals surface area contributed by atoms with E-state index in [1.165, 1.54) is 0 Å². The van der Waals surface area contributed by atoms with Gasteiger partial charge in [0.25, 0.3) is 0 Å².